The summed E-state index contributed by atoms with van der Waals surface area (Å²) in [5.41, 5.74) is 1.37. The van der Waals surface area contributed by atoms with Crippen LogP contribution in [0.2, 0.25) is 10.0 Å². The number of benzene rings is 2. The van der Waals surface area contributed by atoms with Crippen molar-refractivity contribution in [2.75, 3.05) is 17.7 Å². The zero-order valence-electron chi connectivity index (χ0n) is 13.7. The van der Waals surface area contributed by atoms with E-state index in [0.29, 0.717) is 27.2 Å². The minimum absolute atomic E-state index is 0.196. The van der Waals surface area contributed by atoms with Crippen molar-refractivity contribution in [2.24, 2.45) is 0 Å². The molecule has 1 aromatic heterocycles. The van der Waals surface area contributed by atoms with Crippen LogP contribution < -0.4 is 15.4 Å². The van der Waals surface area contributed by atoms with Crippen LogP contribution in [-0.2, 0) is 0 Å². The van der Waals surface area contributed by atoms with Crippen LogP contribution in [0.1, 0.15) is 10.5 Å². The van der Waals surface area contributed by atoms with Crippen LogP contribution >= 0.6 is 23.2 Å². The molecule has 2 N–H and O–H groups in total. The first-order valence-electron chi connectivity index (χ1n) is 7.56. The molecule has 2 aromatic carbocycles. The third-order valence-corrected chi connectivity index (χ3v) is 4.04. The molecule has 132 valence electrons. The van der Waals surface area contributed by atoms with Gasteiger partial charge in [-0.2, -0.15) is 0 Å². The van der Waals surface area contributed by atoms with E-state index in [0.717, 1.165) is 0 Å². The molecule has 8 heteroatoms. The van der Waals surface area contributed by atoms with Crippen LogP contribution in [0.5, 0.6) is 5.75 Å². The van der Waals surface area contributed by atoms with Crippen LogP contribution in [0.25, 0.3) is 0 Å². The molecule has 26 heavy (non-hydrogen) atoms. The molecule has 0 spiro atoms. The number of aromatic nitrogens is 2. The van der Waals surface area contributed by atoms with Crippen molar-refractivity contribution in [1.82, 2.24) is 9.97 Å². The highest BCUT2D eigenvalue weighted by Gasteiger charge is 2.11. The molecule has 0 saturated heterocycles. The van der Waals surface area contributed by atoms with Gasteiger partial charge in [-0.1, -0.05) is 35.3 Å². The fourth-order valence-electron chi connectivity index (χ4n) is 2.17. The lowest BCUT2D eigenvalue weighted by Gasteiger charge is -2.09. The van der Waals surface area contributed by atoms with Gasteiger partial charge in [-0.05, 0) is 36.4 Å². The van der Waals surface area contributed by atoms with E-state index >= 15 is 0 Å². The van der Waals surface area contributed by atoms with Crippen LogP contribution in [0.15, 0.2) is 54.7 Å². The summed E-state index contributed by atoms with van der Waals surface area (Å²) in [6.07, 6.45) is 1.49. The van der Waals surface area contributed by atoms with E-state index in [2.05, 4.69) is 20.6 Å². The van der Waals surface area contributed by atoms with Gasteiger partial charge in [-0.25, -0.2) is 9.97 Å². The summed E-state index contributed by atoms with van der Waals surface area (Å²) in [6.45, 7) is 0. The van der Waals surface area contributed by atoms with Gasteiger partial charge in [0.1, 0.15) is 11.4 Å². The second kappa shape index (κ2) is 8.03. The first-order valence-corrected chi connectivity index (χ1v) is 8.32. The van der Waals surface area contributed by atoms with Crippen molar-refractivity contribution < 1.29 is 9.53 Å². The number of amides is 1. The molecule has 1 amide bonds. The van der Waals surface area contributed by atoms with Crippen molar-refractivity contribution in [3.05, 3.63) is 70.5 Å². The zero-order valence-corrected chi connectivity index (χ0v) is 15.2. The Morgan fingerprint density at radius 3 is 2.62 bits per heavy atom. The Morgan fingerprint density at radius 2 is 1.88 bits per heavy atom. The summed E-state index contributed by atoms with van der Waals surface area (Å²) in [5.74, 6) is 0.431. The molecule has 1 heterocycles. The number of rotatable bonds is 5. The number of para-hydroxylation sites is 1. The van der Waals surface area contributed by atoms with E-state index in [1.165, 1.54) is 12.3 Å². The number of methoxy groups -OCH3 is 1. The van der Waals surface area contributed by atoms with Crippen molar-refractivity contribution in [2.45, 2.75) is 0 Å². The summed E-state index contributed by atoms with van der Waals surface area (Å²) in [5, 5.41) is 6.61. The summed E-state index contributed by atoms with van der Waals surface area (Å²) in [7, 11) is 1.54. The lowest BCUT2D eigenvalue weighted by molar-refractivity contribution is 0.102. The summed E-state index contributed by atoms with van der Waals surface area (Å²) >= 11 is 12.2. The maximum absolute atomic E-state index is 12.4. The molecular weight excluding hydrogens is 375 g/mol. The van der Waals surface area contributed by atoms with E-state index in [9.17, 15) is 4.79 Å². The lowest BCUT2D eigenvalue weighted by atomic mass is 10.3. The highest BCUT2D eigenvalue weighted by Crippen LogP contribution is 2.28. The zero-order chi connectivity index (χ0) is 18.5. The predicted molar refractivity (Wildman–Crippen MR) is 103 cm³/mol. The van der Waals surface area contributed by atoms with Gasteiger partial charge in [0.25, 0.3) is 5.91 Å². The Balaban J connectivity index is 1.76. The highest BCUT2D eigenvalue weighted by molar-refractivity contribution is 6.34. The molecule has 3 aromatic rings. The fourth-order valence-corrected chi connectivity index (χ4v) is 2.61. The molecule has 0 radical (unpaired) electrons. The normalized spacial score (nSPS) is 10.3. The van der Waals surface area contributed by atoms with Gasteiger partial charge in [0.15, 0.2) is 0 Å². The van der Waals surface area contributed by atoms with E-state index in [1.807, 2.05) is 0 Å². The molecule has 0 aliphatic rings. The average Bonchev–Trinajstić information content (AvgIpc) is 2.64. The monoisotopic (exact) mass is 388 g/mol. The van der Waals surface area contributed by atoms with Crippen molar-refractivity contribution in [3.63, 3.8) is 0 Å². The molecular formula is C18H14Cl2N4O2. The van der Waals surface area contributed by atoms with E-state index in [4.69, 9.17) is 27.9 Å². The number of carbonyl (C=O) groups is 1. The van der Waals surface area contributed by atoms with Gasteiger partial charge in [0.2, 0.25) is 5.95 Å². The molecule has 3 rings (SSSR count). The first-order chi connectivity index (χ1) is 12.6. The number of nitrogens with one attached hydrogen (secondary N) is 2. The van der Waals surface area contributed by atoms with Gasteiger partial charge in [0.05, 0.1) is 22.8 Å². The number of hydrogen-bond donors (Lipinski definition) is 2. The molecule has 0 aliphatic carbocycles. The third kappa shape index (κ3) is 4.22. The number of ether oxygens (including phenoxy) is 1. The standard InChI is InChI=1S/C18H14Cl2N4O2/c1-26-16-7-6-11(10-13(16)20)22-18-21-9-8-15(24-18)17(25)23-14-5-3-2-4-12(14)19/h2-10H,1H3,(H,23,25)(H,21,22,24). The van der Waals surface area contributed by atoms with Crippen LogP contribution in [0, 0.1) is 0 Å². The smallest absolute Gasteiger partial charge is 0.274 e. The van der Waals surface area contributed by atoms with Crippen LogP contribution in [0.4, 0.5) is 17.3 Å². The highest BCUT2D eigenvalue weighted by atomic mass is 35.5. The molecule has 0 bridgehead atoms. The molecule has 0 atom stereocenters. The number of hydrogen-bond acceptors (Lipinski definition) is 5. The largest absolute Gasteiger partial charge is 0.495 e. The minimum Gasteiger partial charge on any atom is -0.495 e. The van der Waals surface area contributed by atoms with Crippen LogP contribution in [0.3, 0.4) is 0 Å². The second-order valence-corrected chi connectivity index (χ2v) is 5.99. The van der Waals surface area contributed by atoms with E-state index < -0.39 is 5.91 Å². The van der Waals surface area contributed by atoms with Gasteiger partial charge in [-0.3, -0.25) is 4.79 Å². The second-order valence-electron chi connectivity index (χ2n) is 5.17. The Hall–Kier alpha value is -2.83. The lowest BCUT2D eigenvalue weighted by Crippen LogP contribution is -2.15. The Labute approximate surface area is 160 Å². The molecule has 0 fully saturated rings. The van der Waals surface area contributed by atoms with Crippen molar-refractivity contribution in [3.8, 4) is 5.75 Å². The summed E-state index contributed by atoms with van der Waals surface area (Å²) in [6, 6.07) is 13.6. The van der Waals surface area contributed by atoms with Gasteiger partial charge < -0.3 is 15.4 Å². The SMILES string of the molecule is COc1ccc(Nc2nccc(C(=O)Nc3ccccc3Cl)n2)cc1Cl. The number of carbonyl (C=O) groups excluding carboxylic acids is 1. The maximum atomic E-state index is 12.4. The van der Waals surface area contributed by atoms with Gasteiger partial charge in [0, 0.05) is 11.9 Å². The quantitative estimate of drug-likeness (QED) is 0.656. The van der Waals surface area contributed by atoms with E-state index in [1.54, 1.807) is 49.6 Å². The number of nitrogens with zero attached hydrogens (tertiary/aromatic N) is 2. The van der Waals surface area contributed by atoms with Crippen LogP contribution in [-0.4, -0.2) is 23.0 Å². The number of halogens is 2. The van der Waals surface area contributed by atoms with E-state index in [-0.39, 0.29) is 11.6 Å². The predicted octanol–water partition coefficient (Wildman–Crippen LogP) is 4.79. The minimum atomic E-state index is -0.392. The Bertz CT molecular complexity index is 950. The molecule has 0 unspecified atom stereocenters. The maximum Gasteiger partial charge on any atom is 0.274 e. The van der Waals surface area contributed by atoms with Gasteiger partial charge in [-0.15, -0.1) is 0 Å². The molecule has 0 saturated carbocycles. The van der Waals surface area contributed by atoms with Crippen molar-refractivity contribution in [1.29, 1.82) is 0 Å². The fraction of sp³-hybridized carbons (Fsp3) is 0.0556. The Kier molecular flexibility index (Phi) is 5.55. The topological polar surface area (TPSA) is 76.1 Å². The summed E-state index contributed by atoms with van der Waals surface area (Å²) < 4.78 is 5.11. The van der Waals surface area contributed by atoms with Crippen molar-refractivity contribution >= 4 is 46.4 Å². The molecule has 6 nitrogen and oxygen atoms in total. The average molecular weight is 389 g/mol. The summed E-state index contributed by atoms with van der Waals surface area (Å²) in [4.78, 5) is 20.7. The first kappa shape index (κ1) is 18.0. The third-order valence-electron chi connectivity index (χ3n) is 3.42. The number of anilines is 3. The van der Waals surface area contributed by atoms with Gasteiger partial charge >= 0.3 is 0 Å². The Morgan fingerprint density at radius 1 is 1.08 bits per heavy atom. The molecule has 0 aliphatic heterocycles.